The first kappa shape index (κ1) is 26.5. The number of rotatable bonds is 3. The van der Waals surface area contributed by atoms with E-state index in [9.17, 15) is 0 Å². The third-order valence-electron chi connectivity index (χ3n) is 8.96. The minimum Gasteiger partial charge on any atom is -0.399 e. The van der Waals surface area contributed by atoms with Gasteiger partial charge in [-0.2, -0.15) is 0 Å². The summed E-state index contributed by atoms with van der Waals surface area (Å²) in [6, 6.07) is 0. The molecule has 4 heteroatoms. The number of hydrogen-bond donors (Lipinski definition) is 0. The van der Waals surface area contributed by atoms with Crippen molar-refractivity contribution < 1.29 is 9.31 Å². The Labute approximate surface area is 211 Å². The normalized spacial score (nSPS) is 17.7. The summed E-state index contributed by atoms with van der Waals surface area (Å²) in [6.45, 7) is 31.3. The van der Waals surface area contributed by atoms with Gasteiger partial charge >= 0.3 is 7.12 Å². The highest BCUT2D eigenvalue weighted by molar-refractivity contribution is 9.10. The summed E-state index contributed by atoms with van der Waals surface area (Å²) >= 11 is 3.83. The summed E-state index contributed by atoms with van der Waals surface area (Å²) < 4.78 is 14.2. The van der Waals surface area contributed by atoms with Crippen molar-refractivity contribution >= 4 is 28.5 Å². The minimum absolute atomic E-state index is 0.136. The summed E-state index contributed by atoms with van der Waals surface area (Å²) in [6.07, 6.45) is 0. The molecule has 0 N–H and O–H groups in total. The van der Waals surface area contributed by atoms with Crippen LogP contribution < -0.4 is 5.46 Å². The highest BCUT2D eigenvalue weighted by atomic mass is 79.9. The van der Waals surface area contributed by atoms with Gasteiger partial charge < -0.3 is 9.31 Å². The zero-order valence-electron chi connectivity index (χ0n) is 23.3. The van der Waals surface area contributed by atoms with Gasteiger partial charge in [0.15, 0.2) is 0 Å². The van der Waals surface area contributed by atoms with Crippen LogP contribution in [0.2, 0.25) is 0 Å². The molecule has 0 bridgehead atoms. The summed E-state index contributed by atoms with van der Waals surface area (Å²) in [7, 11) is -0.342. The Morgan fingerprint density at radius 2 is 0.879 bits per heavy atom. The molecule has 1 fully saturated rings. The van der Waals surface area contributed by atoms with Crippen LogP contribution in [0.1, 0.15) is 97.2 Å². The maximum atomic E-state index is 6.49. The predicted octanol–water partition coefficient (Wildman–Crippen LogP) is 7.54. The molecule has 1 aliphatic rings. The van der Waals surface area contributed by atoms with Gasteiger partial charge in [-0.1, -0.05) is 29.8 Å². The number of halogens is 1. The molecule has 2 aromatic carbocycles. The van der Waals surface area contributed by atoms with Gasteiger partial charge in [0.1, 0.15) is 0 Å². The fourth-order valence-electron chi connectivity index (χ4n) is 5.92. The van der Waals surface area contributed by atoms with Crippen LogP contribution in [0.25, 0.3) is 0 Å². The van der Waals surface area contributed by atoms with E-state index in [1.54, 1.807) is 0 Å². The van der Waals surface area contributed by atoms with Gasteiger partial charge in [0.2, 0.25) is 0 Å². The van der Waals surface area contributed by atoms with Gasteiger partial charge in [-0.3, -0.25) is 0 Å². The van der Waals surface area contributed by atoms with E-state index < -0.39 is 0 Å². The van der Waals surface area contributed by atoms with Crippen molar-refractivity contribution in [2.24, 2.45) is 0 Å². The van der Waals surface area contributed by atoms with Gasteiger partial charge in [0, 0.05) is 9.89 Å². The van der Waals surface area contributed by atoms with E-state index in [0.717, 1.165) is 0 Å². The topological polar surface area (TPSA) is 18.5 Å². The van der Waals surface area contributed by atoms with Crippen LogP contribution in [0.4, 0.5) is 0 Å². The monoisotopic (exact) mass is 512 g/mol. The van der Waals surface area contributed by atoms with Gasteiger partial charge in [-0.25, -0.2) is 0 Å². The van der Waals surface area contributed by atoms with Crippen LogP contribution in [0, 0.1) is 55.4 Å². The molecule has 180 valence electrons. The van der Waals surface area contributed by atoms with Crippen LogP contribution in [-0.2, 0) is 14.7 Å². The van der Waals surface area contributed by atoms with Crippen molar-refractivity contribution in [3.8, 4) is 0 Å². The van der Waals surface area contributed by atoms with Crippen LogP contribution in [0.3, 0.4) is 0 Å². The molecule has 0 unspecified atom stereocenters. The first-order chi connectivity index (χ1) is 14.9. The Bertz CT molecular complexity index is 1070. The molecule has 1 aliphatic heterocycles. The molecule has 33 heavy (non-hydrogen) atoms. The zero-order chi connectivity index (χ0) is 25.4. The van der Waals surface area contributed by atoms with E-state index in [0.29, 0.717) is 0 Å². The smallest absolute Gasteiger partial charge is 0.399 e. The summed E-state index contributed by atoms with van der Waals surface area (Å²) in [5, 5.41) is 0. The fraction of sp³-hybridized carbons (Fsp3) is 0.586. The Hall–Kier alpha value is -1.10. The molecule has 1 heterocycles. The van der Waals surface area contributed by atoms with E-state index in [-0.39, 0.29) is 23.7 Å². The fourth-order valence-corrected chi connectivity index (χ4v) is 6.52. The maximum absolute atomic E-state index is 6.49. The quantitative estimate of drug-likeness (QED) is 0.395. The van der Waals surface area contributed by atoms with Crippen LogP contribution in [0.5, 0.6) is 0 Å². The van der Waals surface area contributed by atoms with Gasteiger partial charge in [0.25, 0.3) is 0 Å². The minimum atomic E-state index is -0.350. The van der Waals surface area contributed by atoms with E-state index >= 15 is 0 Å². The van der Waals surface area contributed by atoms with E-state index in [2.05, 4.69) is 113 Å². The average Bonchev–Trinajstić information content (AvgIpc) is 2.90. The van der Waals surface area contributed by atoms with Crippen molar-refractivity contribution in [2.45, 2.75) is 114 Å². The molecule has 0 spiro atoms. The molecule has 2 aromatic rings. The van der Waals surface area contributed by atoms with E-state index in [1.807, 2.05) is 0 Å². The molecule has 0 radical (unpaired) electrons. The first-order valence-corrected chi connectivity index (χ1v) is 12.9. The van der Waals surface area contributed by atoms with Gasteiger partial charge in [-0.05, 0) is 144 Å². The van der Waals surface area contributed by atoms with Crippen molar-refractivity contribution in [1.82, 2.24) is 0 Å². The highest BCUT2D eigenvalue weighted by Crippen LogP contribution is 2.44. The van der Waals surface area contributed by atoms with Gasteiger partial charge in [-0.15, -0.1) is 0 Å². The first-order valence-electron chi connectivity index (χ1n) is 12.1. The second-order valence-corrected chi connectivity index (χ2v) is 12.5. The van der Waals surface area contributed by atoms with Crippen LogP contribution in [-0.4, -0.2) is 18.3 Å². The molecule has 0 saturated carbocycles. The van der Waals surface area contributed by atoms with E-state index in [1.165, 1.54) is 65.6 Å². The van der Waals surface area contributed by atoms with Crippen LogP contribution >= 0.6 is 15.9 Å². The van der Waals surface area contributed by atoms with Crippen molar-refractivity contribution in [3.05, 3.63) is 60.1 Å². The predicted molar refractivity (Wildman–Crippen MR) is 146 cm³/mol. The molecule has 3 rings (SSSR count). The average molecular weight is 513 g/mol. The third-order valence-corrected chi connectivity index (χ3v) is 10.1. The van der Waals surface area contributed by atoms with E-state index in [4.69, 9.17) is 9.31 Å². The van der Waals surface area contributed by atoms with Gasteiger partial charge in [0.05, 0.1) is 11.2 Å². The Morgan fingerprint density at radius 1 is 0.576 bits per heavy atom. The molecule has 0 aromatic heterocycles. The molecule has 0 amide bonds. The zero-order valence-corrected chi connectivity index (χ0v) is 24.9. The lowest BCUT2D eigenvalue weighted by Gasteiger charge is -2.36. The molecule has 0 aliphatic carbocycles. The summed E-state index contributed by atoms with van der Waals surface area (Å²) in [5.74, 6) is 0. The highest BCUT2D eigenvalue weighted by Gasteiger charge is 2.53. The molecule has 1 saturated heterocycles. The Balaban J connectivity index is 2.28. The second kappa shape index (κ2) is 8.24. The largest absolute Gasteiger partial charge is 0.495 e. The Morgan fingerprint density at radius 3 is 1.21 bits per heavy atom. The molecule has 2 nitrogen and oxygen atoms in total. The molecular weight excluding hydrogens is 471 g/mol. The number of benzene rings is 2. The standard InChI is InChI=1S/C29H42BBrO2/c1-15-19(5)25(30-32-28(11,12)29(13,14)33-30)20(6)16(2)23(15)27(9,10)24-17(3)21(7)26(31)22(8)18(24)4/h1-14H3. The van der Waals surface area contributed by atoms with Crippen LogP contribution in [0.15, 0.2) is 4.47 Å². The summed E-state index contributed by atoms with van der Waals surface area (Å²) in [5.41, 5.74) is 13.9. The third kappa shape index (κ3) is 3.85. The maximum Gasteiger partial charge on any atom is 0.495 e. The molecular formula is C29H42BBrO2. The number of hydrogen-bond acceptors (Lipinski definition) is 2. The van der Waals surface area contributed by atoms with Crippen molar-refractivity contribution in [2.75, 3.05) is 0 Å². The lowest BCUT2D eigenvalue weighted by Crippen LogP contribution is -2.41. The lowest BCUT2D eigenvalue weighted by atomic mass is 9.64. The Kier molecular flexibility index (Phi) is 6.62. The summed E-state index contributed by atoms with van der Waals surface area (Å²) in [4.78, 5) is 0. The molecule has 0 atom stereocenters. The van der Waals surface area contributed by atoms with Crippen molar-refractivity contribution in [3.63, 3.8) is 0 Å². The van der Waals surface area contributed by atoms with Crippen molar-refractivity contribution in [1.29, 1.82) is 0 Å². The SMILES string of the molecule is Cc1c(C)c(C(C)(C)c2c(C)c(C)c(B3OC(C)(C)C(C)(C)O3)c(C)c2C)c(C)c(C)c1Br. The second-order valence-electron chi connectivity index (χ2n) is 11.7. The lowest BCUT2D eigenvalue weighted by molar-refractivity contribution is 0.00578.